The van der Waals surface area contributed by atoms with E-state index in [0.717, 1.165) is 37.4 Å². The van der Waals surface area contributed by atoms with E-state index in [1.165, 1.54) is 5.69 Å². The molecule has 2 heterocycles. The number of benzene rings is 2. The number of imide groups is 1. The number of hydrogen-bond acceptors (Lipinski definition) is 6. The zero-order valence-corrected chi connectivity index (χ0v) is 17.5. The van der Waals surface area contributed by atoms with Gasteiger partial charge >= 0.3 is 0 Å². The van der Waals surface area contributed by atoms with Gasteiger partial charge in [-0.25, -0.2) is 0 Å². The Hall–Kier alpha value is -3.42. The summed E-state index contributed by atoms with van der Waals surface area (Å²) in [6.07, 6.45) is 4.99. The van der Waals surface area contributed by atoms with E-state index in [0.29, 0.717) is 16.7 Å². The third-order valence-electron chi connectivity index (χ3n) is 5.58. The highest BCUT2D eigenvalue weighted by molar-refractivity contribution is 6.31. The third-order valence-corrected chi connectivity index (χ3v) is 5.58. The first kappa shape index (κ1) is 20.8. The second-order valence-electron chi connectivity index (χ2n) is 7.71. The van der Waals surface area contributed by atoms with Crippen molar-refractivity contribution in [3.8, 4) is 0 Å². The van der Waals surface area contributed by atoms with Crippen molar-refractivity contribution in [3.63, 3.8) is 0 Å². The Morgan fingerprint density at radius 2 is 1.74 bits per heavy atom. The zero-order valence-electron chi connectivity index (χ0n) is 17.5. The first-order valence-electron chi connectivity index (χ1n) is 10.3. The highest BCUT2D eigenvalue weighted by atomic mass is 16.2. The monoisotopic (exact) mass is 418 g/mol. The van der Waals surface area contributed by atoms with Crippen LogP contribution in [0.2, 0.25) is 0 Å². The minimum Gasteiger partial charge on any atom is -0.392 e. The van der Waals surface area contributed by atoms with Crippen LogP contribution < -0.4 is 15.5 Å². The fourth-order valence-corrected chi connectivity index (χ4v) is 3.77. The molecule has 0 atom stereocenters. The third kappa shape index (κ3) is 4.68. The molecule has 0 bridgehead atoms. The number of carbonyl (C=O) groups excluding carboxylic acids is 2. The van der Waals surface area contributed by atoms with Crippen LogP contribution in [0, 0.1) is 0 Å². The van der Waals surface area contributed by atoms with Crippen molar-refractivity contribution in [1.82, 2.24) is 10.2 Å². The topological polar surface area (TPSA) is 84.9 Å². The number of anilines is 2. The Labute approximate surface area is 181 Å². The number of fused-ring (bicyclic) bond motifs is 1. The number of carbonyl (C=O) groups is 2. The Morgan fingerprint density at radius 3 is 2.45 bits per heavy atom. The zero-order chi connectivity index (χ0) is 21.8. The molecule has 7 heteroatoms. The number of piperazine rings is 1. The lowest BCUT2D eigenvalue weighted by molar-refractivity contribution is -0.114. The normalized spacial score (nSPS) is 18.4. The SMILES string of the molecule is CN1CCN(c2ccc(NC=C3C(=O)NC(=O)c4ccc(C=CCO)cc43)cc2)CC1. The molecule has 0 aliphatic carbocycles. The van der Waals surface area contributed by atoms with Crippen LogP contribution in [0.25, 0.3) is 11.6 Å². The molecular weight excluding hydrogens is 392 g/mol. The Kier molecular flexibility index (Phi) is 6.16. The van der Waals surface area contributed by atoms with Gasteiger partial charge in [0.05, 0.1) is 12.2 Å². The molecule has 3 N–H and O–H groups in total. The molecular formula is C24H26N4O3. The van der Waals surface area contributed by atoms with Gasteiger partial charge in [0.1, 0.15) is 0 Å². The minimum absolute atomic E-state index is 0.0785. The Bertz CT molecular complexity index is 1040. The summed E-state index contributed by atoms with van der Waals surface area (Å²) in [6.45, 7) is 4.03. The molecule has 160 valence electrons. The van der Waals surface area contributed by atoms with Crippen molar-refractivity contribution in [2.75, 3.05) is 50.1 Å². The summed E-state index contributed by atoms with van der Waals surface area (Å²) in [5.41, 5.74) is 4.23. The van der Waals surface area contributed by atoms with Crippen molar-refractivity contribution < 1.29 is 14.7 Å². The van der Waals surface area contributed by atoms with Gasteiger partial charge in [-0.2, -0.15) is 0 Å². The van der Waals surface area contributed by atoms with E-state index in [1.807, 2.05) is 12.1 Å². The molecule has 1 fully saturated rings. The van der Waals surface area contributed by atoms with Gasteiger partial charge in [-0.15, -0.1) is 0 Å². The average molecular weight is 418 g/mol. The Balaban J connectivity index is 1.54. The van der Waals surface area contributed by atoms with Crippen LogP contribution in [0.1, 0.15) is 21.5 Å². The lowest BCUT2D eigenvalue weighted by Crippen LogP contribution is -2.44. The fourth-order valence-electron chi connectivity index (χ4n) is 3.77. The van der Waals surface area contributed by atoms with Crippen LogP contribution in [-0.4, -0.2) is 61.7 Å². The summed E-state index contributed by atoms with van der Waals surface area (Å²) < 4.78 is 0. The van der Waals surface area contributed by atoms with E-state index in [4.69, 9.17) is 5.11 Å². The first-order valence-corrected chi connectivity index (χ1v) is 10.3. The molecule has 2 aromatic rings. The van der Waals surface area contributed by atoms with Crippen LogP contribution in [-0.2, 0) is 4.79 Å². The maximum atomic E-state index is 12.5. The lowest BCUT2D eigenvalue weighted by Gasteiger charge is -2.34. The minimum atomic E-state index is -0.442. The number of hydrogen-bond donors (Lipinski definition) is 3. The Morgan fingerprint density at radius 1 is 1.00 bits per heavy atom. The van der Waals surface area contributed by atoms with Crippen molar-refractivity contribution in [2.45, 2.75) is 0 Å². The van der Waals surface area contributed by atoms with Gasteiger partial charge in [0, 0.05) is 54.9 Å². The molecule has 0 spiro atoms. The van der Waals surface area contributed by atoms with E-state index < -0.39 is 11.8 Å². The summed E-state index contributed by atoms with van der Waals surface area (Å²) in [7, 11) is 2.14. The lowest BCUT2D eigenvalue weighted by atomic mass is 9.93. The molecule has 0 radical (unpaired) electrons. The fraction of sp³-hybridized carbons (Fsp3) is 0.250. The van der Waals surface area contributed by atoms with Gasteiger partial charge in [-0.05, 0) is 49.0 Å². The number of amides is 2. The van der Waals surface area contributed by atoms with Gasteiger partial charge in [0.25, 0.3) is 11.8 Å². The van der Waals surface area contributed by atoms with Crippen molar-refractivity contribution in [1.29, 1.82) is 0 Å². The quantitative estimate of drug-likeness (QED) is 0.510. The molecule has 7 nitrogen and oxygen atoms in total. The van der Waals surface area contributed by atoms with E-state index in [2.05, 4.69) is 39.6 Å². The van der Waals surface area contributed by atoms with Crippen LogP contribution in [0.3, 0.4) is 0 Å². The summed E-state index contributed by atoms with van der Waals surface area (Å²) in [5.74, 6) is -0.853. The number of rotatable bonds is 5. The van der Waals surface area contributed by atoms with Crippen molar-refractivity contribution in [3.05, 3.63) is 71.4 Å². The highest BCUT2D eigenvalue weighted by Gasteiger charge is 2.27. The number of nitrogens with one attached hydrogen (secondary N) is 2. The van der Waals surface area contributed by atoms with Gasteiger partial charge in [-0.1, -0.05) is 18.2 Å². The van der Waals surface area contributed by atoms with Crippen LogP contribution in [0.4, 0.5) is 11.4 Å². The van der Waals surface area contributed by atoms with Gasteiger partial charge in [0.2, 0.25) is 0 Å². The van der Waals surface area contributed by atoms with E-state index in [-0.39, 0.29) is 6.61 Å². The van der Waals surface area contributed by atoms with E-state index in [9.17, 15) is 9.59 Å². The summed E-state index contributed by atoms with van der Waals surface area (Å²) in [4.78, 5) is 29.4. The molecule has 0 aromatic heterocycles. The summed E-state index contributed by atoms with van der Waals surface area (Å²) >= 11 is 0. The standard InChI is InChI=1S/C24H26N4O3/c1-27-10-12-28(13-11-27)19-7-5-18(6-8-19)25-16-22-21-15-17(3-2-14-29)4-9-20(21)23(30)26-24(22)31/h2-9,15-16,25,29H,10-14H2,1H3,(H,26,30,31). The smallest absolute Gasteiger partial charge is 0.260 e. The van der Waals surface area contributed by atoms with Crippen LogP contribution >= 0.6 is 0 Å². The summed E-state index contributed by atoms with van der Waals surface area (Å²) in [5, 5.41) is 14.6. The number of likely N-dealkylation sites (N-methyl/N-ethyl adjacent to an activating group) is 1. The van der Waals surface area contributed by atoms with E-state index in [1.54, 1.807) is 36.6 Å². The number of aliphatic hydroxyl groups excluding tert-OH is 1. The molecule has 4 rings (SSSR count). The van der Waals surface area contributed by atoms with Gasteiger partial charge in [-0.3, -0.25) is 14.9 Å². The molecule has 0 unspecified atom stereocenters. The molecule has 31 heavy (non-hydrogen) atoms. The number of nitrogens with zero attached hydrogens (tertiary/aromatic N) is 2. The maximum Gasteiger partial charge on any atom is 0.260 e. The van der Waals surface area contributed by atoms with Crippen molar-refractivity contribution >= 4 is 34.8 Å². The van der Waals surface area contributed by atoms with Crippen molar-refractivity contribution in [2.24, 2.45) is 0 Å². The molecule has 2 aliphatic heterocycles. The van der Waals surface area contributed by atoms with Gasteiger partial charge < -0.3 is 20.2 Å². The predicted molar refractivity (Wildman–Crippen MR) is 123 cm³/mol. The van der Waals surface area contributed by atoms with Crippen LogP contribution in [0.5, 0.6) is 0 Å². The second kappa shape index (κ2) is 9.16. The molecule has 2 aromatic carbocycles. The largest absolute Gasteiger partial charge is 0.392 e. The molecule has 1 saturated heterocycles. The predicted octanol–water partition coefficient (Wildman–Crippen LogP) is 2.17. The molecule has 2 aliphatic rings. The molecule has 2 amide bonds. The van der Waals surface area contributed by atoms with Gasteiger partial charge in [0.15, 0.2) is 0 Å². The maximum absolute atomic E-state index is 12.5. The first-order chi connectivity index (χ1) is 15.0. The second-order valence-corrected chi connectivity index (χ2v) is 7.71. The van der Waals surface area contributed by atoms with Crippen LogP contribution in [0.15, 0.2) is 54.7 Å². The van der Waals surface area contributed by atoms with E-state index >= 15 is 0 Å². The molecule has 0 saturated carbocycles. The summed E-state index contributed by atoms with van der Waals surface area (Å²) in [6, 6.07) is 13.4. The average Bonchev–Trinajstić information content (AvgIpc) is 2.78. The number of aliphatic hydroxyl groups is 1. The highest BCUT2D eigenvalue weighted by Crippen LogP contribution is 2.26.